The SMILES string of the molecule is COCCN(CC(C)C)C1(CN)CCN(C)C(C)C1. The van der Waals surface area contributed by atoms with Gasteiger partial charge < -0.3 is 15.4 Å². The van der Waals surface area contributed by atoms with E-state index in [0.717, 1.165) is 39.2 Å². The Morgan fingerprint density at radius 2 is 2.16 bits per heavy atom. The molecule has 1 rings (SSSR count). The van der Waals surface area contributed by atoms with Crippen molar-refractivity contribution in [3.63, 3.8) is 0 Å². The van der Waals surface area contributed by atoms with Gasteiger partial charge in [-0.25, -0.2) is 0 Å². The molecule has 1 aliphatic rings. The van der Waals surface area contributed by atoms with Gasteiger partial charge in [0.05, 0.1) is 6.61 Å². The number of piperidine rings is 1. The molecule has 0 aromatic carbocycles. The van der Waals surface area contributed by atoms with Crippen molar-refractivity contribution >= 4 is 0 Å². The zero-order chi connectivity index (χ0) is 14.5. The maximum Gasteiger partial charge on any atom is 0.0589 e. The summed E-state index contributed by atoms with van der Waals surface area (Å²) in [6, 6.07) is 0.606. The number of nitrogens with zero attached hydrogens (tertiary/aromatic N) is 2. The monoisotopic (exact) mass is 271 g/mol. The van der Waals surface area contributed by atoms with Gasteiger partial charge in [-0.1, -0.05) is 13.8 Å². The van der Waals surface area contributed by atoms with Crippen molar-refractivity contribution in [2.75, 3.05) is 46.9 Å². The van der Waals surface area contributed by atoms with Crippen molar-refractivity contribution in [2.24, 2.45) is 11.7 Å². The lowest BCUT2D eigenvalue weighted by Crippen LogP contribution is -2.62. The summed E-state index contributed by atoms with van der Waals surface area (Å²) in [5, 5.41) is 0. The Hall–Kier alpha value is -0.160. The number of methoxy groups -OCH3 is 1. The van der Waals surface area contributed by atoms with Crippen LogP contribution in [0.4, 0.5) is 0 Å². The van der Waals surface area contributed by atoms with Gasteiger partial charge in [-0.2, -0.15) is 0 Å². The molecule has 0 saturated carbocycles. The molecule has 0 aliphatic carbocycles. The average molecular weight is 271 g/mol. The normalized spacial score (nSPS) is 29.4. The van der Waals surface area contributed by atoms with Gasteiger partial charge in [0.25, 0.3) is 0 Å². The fraction of sp³-hybridized carbons (Fsp3) is 1.00. The lowest BCUT2D eigenvalue weighted by Gasteiger charge is -2.51. The molecular formula is C15H33N3O. The van der Waals surface area contributed by atoms with E-state index >= 15 is 0 Å². The van der Waals surface area contributed by atoms with Gasteiger partial charge >= 0.3 is 0 Å². The minimum atomic E-state index is 0.161. The van der Waals surface area contributed by atoms with Crippen LogP contribution in [0, 0.1) is 5.92 Å². The van der Waals surface area contributed by atoms with Crippen molar-refractivity contribution < 1.29 is 4.74 Å². The quantitative estimate of drug-likeness (QED) is 0.760. The highest BCUT2D eigenvalue weighted by molar-refractivity contribution is 4.98. The molecule has 0 aromatic rings. The Bertz CT molecular complexity index is 260. The molecule has 0 radical (unpaired) electrons. The smallest absolute Gasteiger partial charge is 0.0589 e. The van der Waals surface area contributed by atoms with Gasteiger partial charge in [-0.15, -0.1) is 0 Å². The zero-order valence-corrected chi connectivity index (χ0v) is 13.5. The van der Waals surface area contributed by atoms with Gasteiger partial charge in [0, 0.05) is 38.3 Å². The first-order valence-corrected chi connectivity index (χ1v) is 7.59. The van der Waals surface area contributed by atoms with E-state index in [0.29, 0.717) is 12.0 Å². The minimum Gasteiger partial charge on any atom is -0.383 e. The molecular weight excluding hydrogens is 238 g/mol. The van der Waals surface area contributed by atoms with Gasteiger partial charge in [0.1, 0.15) is 0 Å². The van der Waals surface area contributed by atoms with Gasteiger partial charge in [0.15, 0.2) is 0 Å². The van der Waals surface area contributed by atoms with E-state index in [4.69, 9.17) is 10.5 Å². The summed E-state index contributed by atoms with van der Waals surface area (Å²) in [6.07, 6.45) is 2.33. The Morgan fingerprint density at radius 3 is 2.63 bits per heavy atom. The molecule has 2 unspecified atom stereocenters. The first kappa shape index (κ1) is 16.9. The Balaban J connectivity index is 2.81. The van der Waals surface area contributed by atoms with E-state index in [1.54, 1.807) is 7.11 Å². The molecule has 4 nitrogen and oxygen atoms in total. The Kier molecular flexibility index (Phi) is 6.74. The third-order valence-electron chi connectivity index (χ3n) is 4.56. The predicted octanol–water partition coefficient (Wildman–Crippen LogP) is 1.40. The highest BCUT2D eigenvalue weighted by Crippen LogP contribution is 2.31. The third-order valence-corrected chi connectivity index (χ3v) is 4.56. The molecule has 114 valence electrons. The molecule has 1 saturated heterocycles. The molecule has 1 fully saturated rings. The fourth-order valence-electron chi connectivity index (χ4n) is 3.18. The highest BCUT2D eigenvalue weighted by atomic mass is 16.5. The standard InChI is InChI=1S/C15H33N3O/c1-13(2)11-18(8-9-19-5)15(12-16)6-7-17(4)14(3)10-15/h13-14H,6-12,16H2,1-5H3. The van der Waals surface area contributed by atoms with E-state index < -0.39 is 0 Å². The summed E-state index contributed by atoms with van der Waals surface area (Å²) in [4.78, 5) is 5.03. The number of ether oxygens (including phenoxy) is 1. The molecule has 19 heavy (non-hydrogen) atoms. The molecule has 2 N–H and O–H groups in total. The van der Waals surface area contributed by atoms with E-state index in [1.165, 1.54) is 6.42 Å². The number of hydrogen-bond donors (Lipinski definition) is 1. The van der Waals surface area contributed by atoms with Crippen LogP contribution in [-0.2, 0) is 4.74 Å². The molecule has 1 aliphatic heterocycles. The second-order valence-corrected chi connectivity index (χ2v) is 6.54. The Labute approximate surface area is 119 Å². The van der Waals surface area contributed by atoms with Crippen LogP contribution in [0.3, 0.4) is 0 Å². The summed E-state index contributed by atoms with van der Waals surface area (Å²) >= 11 is 0. The lowest BCUT2D eigenvalue weighted by molar-refractivity contribution is -0.00890. The predicted molar refractivity (Wildman–Crippen MR) is 81.4 cm³/mol. The first-order valence-electron chi connectivity index (χ1n) is 7.59. The van der Waals surface area contributed by atoms with Crippen LogP contribution in [0.5, 0.6) is 0 Å². The molecule has 1 heterocycles. The summed E-state index contributed by atoms with van der Waals surface area (Å²) in [5.74, 6) is 0.662. The van der Waals surface area contributed by atoms with E-state index in [9.17, 15) is 0 Å². The molecule has 0 bridgehead atoms. The molecule has 0 aromatic heterocycles. The second kappa shape index (κ2) is 7.58. The van der Waals surface area contributed by atoms with Gasteiger partial charge in [-0.05, 0) is 39.3 Å². The van der Waals surface area contributed by atoms with Crippen molar-refractivity contribution in [3.05, 3.63) is 0 Å². The highest BCUT2D eigenvalue weighted by Gasteiger charge is 2.40. The minimum absolute atomic E-state index is 0.161. The lowest BCUT2D eigenvalue weighted by atomic mass is 9.81. The van der Waals surface area contributed by atoms with Crippen molar-refractivity contribution in [1.29, 1.82) is 0 Å². The van der Waals surface area contributed by atoms with Crippen LogP contribution < -0.4 is 5.73 Å². The summed E-state index contributed by atoms with van der Waals surface area (Å²) in [6.45, 7) is 11.7. The van der Waals surface area contributed by atoms with E-state index in [1.807, 2.05) is 0 Å². The van der Waals surface area contributed by atoms with Crippen LogP contribution in [0.2, 0.25) is 0 Å². The zero-order valence-electron chi connectivity index (χ0n) is 13.5. The van der Waals surface area contributed by atoms with Gasteiger partial charge in [-0.3, -0.25) is 4.90 Å². The van der Waals surface area contributed by atoms with E-state index in [-0.39, 0.29) is 5.54 Å². The maximum absolute atomic E-state index is 6.19. The number of rotatable bonds is 7. The second-order valence-electron chi connectivity index (χ2n) is 6.54. The average Bonchev–Trinajstić information content (AvgIpc) is 2.37. The van der Waals surface area contributed by atoms with Crippen molar-refractivity contribution in [2.45, 2.75) is 45.2 Å². The van der Waals surface area contributed by atoms with E-state index in [2.05, 4.69) is 37.6 Å². The van der Waals surface area contributed by atoms with Crippen molar-refractivity contribution in [3.8, 4) is 0 Å². The van der Waals surface area contributed by atoms with Crippen molar-refractivity contribution in [1.82, 2.24) is 9.80 Å². The molecule has 0 spiro atoms. The van der Waals surface area contributed by atoms with Crippen LogP contribution in [0.15, 0.2) is 0 Å². The van der Waals surface area contributed by atoms with Crippen LogP contribution in [-0.4, -0.2) is 68.3 Å². The summed E-state index contributed by atoms with van der Waals surface area (Å²) in [7, 11) is 3.99. The first-order chi connectivity index (χ1) is 8.95. The maximum atomic E-state index is 6.19. The van der Waals surface area contributed by atoms with Crippen LogP contribution in [0.25, 0.3) is 0 Å². The number of hydrogen-bond acceptors (Lipinski definition) is 4. The Morgan fingerprint density at radius 1 is 1.47 bits per heavy atom. The summed E-state index contributed by atoms with van der Waals surface area (Å²) < 4.78 is 5.29. The fourth-order valence-corrected chi connectivity index (χ4v) is 3.18. The third kappa shape index (κ3) is 4.42. The number of nitrogens with two attached hydrogens (primary N) is 1. The molecule has 2 atom stereocenters. The van der Waals surface area contributed by atoms with Crippen LogP contribution in [0.1, 0.15) is 33.6 Å². The largest absolute Gasteiger partial charge is 0.383 e. The number of likely N-dealkylation sites (tertiary alicyclic amines) is 1. The molecule has 0 amide bonds. The molecule has 4 heteroatoms. The topological polar surface area (TPSA) is 41.7 Å². The van der Waals surface area contributed by atoms with Crippen LogP contribution >= 0.6 is 0 Å². The summed E-state index contributed by atoms with van der Waals surface area (Å²) in [5.41, 5.74) is 6.35. The van der Waals surface area contributed by atoms with Gasteiger partial charge in [0.2, 0.25) is 0 Å².